The maximum Gasteiger partial charge on any atom is 0.355 e. The lowest BCUT2D eigenvalue weighted by molar-refractivity contribution is -0.119. The number of nitrogens with one attached hydrogen (secondary N) is 1. The Balaban J connectivity index is 1.48. The number of aryl methyl sites for hydroxylation is 1. The summed E-state index contributed by atoms with van der Waals surface area (Å²) in [6, 6.07) is 11.2. The molecule has 6 nitrogen and oxygen atoms in total. The summed E-state index contributed by atoms with van der Waals surface area (Å²) in [5.41, 5.74) is 2.28. The molecule has 1 aromatic heterocycles. The van der Waals surface area contributed by atoms with E-state index in [-0.39, 0.29) is 12.5 Å². The molecule has 1 fully saturated rings. The van der Waals surface area contributed by atoms with Gasteiger partial charge in [0.15, 0.2) is 6.61 Å². The second-order valence-corrected chi connectivity index (χ2v) is 6.85. The Hall–Kier alpha value is -2.76. The second-order valence-electron chi connectivity index (χ2n) is 6.85. The highest BCUT2D eigenvalue weighted by molar-refractivity contribution is 5.95. The highest BCUT2D eigenvalue weighted by Gasteiger charge is 2.16. The summed E-state index contributed by atoms with van der Waals surface area (Å²) in [5.74, 6) is -0.0717. The summed E-state index contributed by atoms with van der Waals surface area (Å²) in [4.78, 5) is 26.3. The number of amides is 1. The molecule has 6 heteroatoms. The van der Waals surface area contributed by atoms with Gasteiger partial charge < -0.3 is 19.5 Å². The van der Waals surface area contributed by atoms with E-state index in [4.69, 9.17) is 4.74 Å². The molecule has 2 heterocycles. The molecule has 0 atom stereocenters. The van der Waals surface area contributed by atoms with E-state index in [1.165, 1.54) is 18.5 Å². The Bertz CT molecular complexity index is 759. The zero-order chi connectivity index (χ0) is 18.5. The molecule has 3 rings (SSSR count). The van der Waals surface area contributed by atoms with E-state index in [1.807, 2.05) is 24.3 Å². The molecular formula is C20H25N3O3. The Kier molecular flexibility index (Phi) is 5.61. The number of rotatable bonds is 5. The van der Waals surface area contributed by atoms with Crippen LogP contribution in [0.2, 0.25) is 0 Å². The van der Waals surface area contributed by atoms with E-state index in [0.717, 1.165) is 19.0 Å². The molecule has 0 spiro atoms. The molecule has 0 saturated carbocycles. The molecule has 0 aliphatic carbocycles. The van der Waals surface area contributed by atoms with E-state index < -0.39 is 5.97 Å². The van der Waals surface area contributed by atoms with Gasteiger partial charge in [0.1, 0.15) is 5.69 Å². The molecule has 0 radical (unpaired) electrons. The first kappa shape index (κ1) is 18.0. The van der Waals surface area contributed by atoms with E-state index in [9.17, 15) is 9.59 Å². The summed E-state index contributed by atoms with van der Waals surface area (Å²) in [6.07, 6.45) is 4.18. The van der Waals surface area contributed by atoms with Gasteiger partial charge in [0, 0.05) is 37.7 Å². The first-order valence-electron chi connectivity index (χ1n) is 8.96. The largest absolute Gasteiger partial charge is 0.451 e. The molecule has 0 bridgehead atoms. The van der Waals surface area contributed by atoms with Crippen molar-refractivity contribution in [3.8, 4) is 0 Å². The number of piperidine rings is 1. The van der Waals surface area contributed by atoms with E-state index >= 15 is 0 Å². The minimum atomic E-state index is -0.512. The van der Waals surface area contributed by atoms with Crippen LogP contribution in [0.15, 0.2) is 42.6 Å². The van der Waals surface area contributed by atoms with Crippen molar-refractivity contribution < 1.29 is 14.3 Å². The van der Waals surface area contributed by atoms with Crippen LogP contribution in [0.3, 0.4) is 0 Å². The van der Waals surface area contributed by atoms with Crippen LogP contribution in [0.1, 0.15) is 30.3 Å². The lowest BCUT2D eigenvalue weighted by Gasteiger charge is -2.32. The number of carbonyl (C=O) groups is 2. The van der Waals surface area contributed by atoms with Crippen LogP contribution in [0.4, 0.5) is 11.4 Å². The number of ether oxygens (including phenoxy) is 1. The van der Waals surface area contributed by atoms with Gasteiger partial charge in [-0.15, -0.1) is 0 Å². The second kappa shape index (κ2) is 8.08. The number of anilines is 2. The van der Waals surface area contributed by atoms with Crippen molar-refractivity contribution in [3.05, 3.63) is 48.3 Å². The third-order valence-corrected chi connectivity index (χ3v) is 4.79. The Labute approximate surface area is 153 Å². The predicted octanol–water partition coefficient (Wildman–Crippen LogP) is 3.06. The Morgan fingerprint density at radius 1 is 1.15 bits per heavy atom. The predicted molar refractivity (Wildman–Crippen MR) is 101 cm³/mol. The van der Waals surface area contributed by atoms with Gasteiger partial charge in [0.05, 0.1) is 0 Å². The number of carbonyl (C=O) groups excluding carboxylic acids is 2. The Morgan fingerprint density at radius 2 is 1.85 bits per heavy atom. The smallest absolute Gasteiger partial charge is 0.355 e. The third-order valence-electron chi connectivity index (χ3n) is 4.79. The number of hydrogen-bond donors (Lipinski definition) is 1. The van der Waals surface area contributed by atoms with Gasteiger partial charge in [0.2, 0.25) is 0 Å². The van der Waals surface area contributed by atoms with Crippen LogP contribution in [0.5, 0.6) is 0 Å². The molecule has 138 valence electrons. The lowest BCUT2D eigenvalue weighted by Crippen LogP contribution is -2.32. The monoisotopic (exact) mass is 355 g/mol. The summed E-state index contributed by atoms with van der Waals surface area (Å²) in [5, 5.41) is 2.75. The summed E-state index contributed by atoms with van der Waals surface area (Å²) < 4.78 is 6.70. The van der Waals surface area contributed by atoms with Crippen LogP contribution in [-0.4, -0.2) is 36.1 Å². The van der Waals surface area contributed by atoms with E-state index in [0.29, 0.717) is 11.4 Å². The Morgan fingerprint density at radius 3 is 2.46 bits per heavy atom. The molecule has 2 aromatic rings. The van der Waals surface area contributed by atoms with E-state index in [2.05, 4.69) is 17.1 Å². The maximum absolute atomic E-state index is 12.0. The van der Waals surface area contributed by atoms with Crippen LogP contribution >= 0.6 is 0 Å². The molecule has 1 saturated heterocycles. The minimum absolute atomic E-state index is 0.310. The van der Waals surface area contributed by atoms with Crippen molar-refractivity contribution in [2.24, 2.45) is 13.0 Å². The van der Waals surface area contributed by atoms with Gasteiger partial charge in [-0.2, -0.15) is 0 Å². The molecule has 1 aromatic carbocycles. The molecule has 26 heavy (non-hydrogen) atoms. The van der Waals surface area contributed by atoms with Crippen LogP contribution in [0.25, 0.3) is 0 Å². The first-order chi connectivity index (χ1) is 12.5. The molecule has 1 N–H and O–H groups in total. The molecule has 1 amide bonds. The minimum Gasteiger partial charge on any atom is -0.451 e. The fourth-order valence-corrected chi connectivity index (χ4v) is 3.10. The van der Waals surface area contributed by atoms with Gasteiger partial charge in [-0.3, -0.25) is 4.79 Å². The summed E-state index contributed by atoms with van der Waals surface area (Å²) in [6.45, 7) is 4.13. The maximum atomic E-state index is 12.0. The fraction of sp³-hybridized carbons (Fsp3) is 0.400. The third kappa shape index (κ3) is 4.45. The number of nitrogens with zero attached hydrogens (tertiary/aromatic N) is 2. The van der Waals surface area contributed by atoms with Crippen LogP contribution in [0, 0.1) is 5.92 Å². The highest BCUT2D eigenvalue weighted by Crippen LogP contribution is 2.24. The quantitative estimate of drug-likeness (QED) is 0.838. The van der Waals surface area contributed by atoms with Gasteiger partial charge in [-0.25, -0.2) is 4.79 Å². The van der Waals surface area contributed by atoms with Crippen molar-refractivity contribution >= 4 is 23.3 Å². The van der Waals surface area contributed by atoms with Crippen molar-refractivity contribution in [1.82, 2.24) is 4.57 Å². The van der Waals surface area contributed by atoms with Crippen LogP contribution < -0.4 is 10.2 Å². The number of esters is 1. The van der Waals surface area contributed by atoms with Gasteiger partial charge in [-0.1, -0.05) is 6.92 Å². The zero-order valence-electron chi connectivity index (χ0n) is 15.3. The SMILES string of the molecule is CC1CCN(c2ccc(NC(=O)COC(=O)c3cccn3C)cc2)CC1. The lowest BCUT2D eigenvalue weighted by atomic mass is 9.99. The standard InChI is InChI=1S/C20H25N3O3/c1-15-9-12-23(13-10-15)17-7-5-16(6-8-17)21-19(24)14-26-20(25)18-4-3-11-22(18)2/h3-8,11,15H,9-10,12-14H2,1-2H3,(H,21,24). The summed E-state index contributed by atoms with van der Waals surface area (Å²) in [7, 11) is 1.75. The van der Waals surface area contributed by atoms with Gasteiger partial charge >= 0.3 is 5.97 Å². The number of benzene rings is 1. The van der Waals surface area contributed by atoms with Gasteiger partial charge in [0.25, 0.3) is 5.91 Å². The average molecular weight is 355 g/mol. The molecule has 1 aliphatic heterocycles. The molecule has 1 aliphatic rings. The topological polar surface area (TPSA) is 63.6 Å². The average Bonchev–Trinajstić information content (AvgIpc) is 3.07. The summed E-state index contributed by atoms with van der Waals surface area (Å²) >= 11 is 0. The molecule has 0 unspecified atom stereocenters. The van der Waals surface area contributed by atoms with Crippen molar-refractivity contribution in [3.63, 3.8) is 0 Å². The highest BCUT2D eigenvalue weighted by atomic mass is 16.5. The first-order valence-corrected chi connectivity index (χ1v) is 8.96. The van der Waals surface area contributed by atoms with E-state index in [1.54, 1.807) is 29.9 Å². The number of hydrogen-bond acceptors (Lipinski definition) is 4. The normalized spacial score (nSPS) is 14.9. The van der Waals surface area contributed by atoms with Crippen LogP contribution in [-0.2, 0) is 16.6 Å². The van der Waals surface area contributed by atoms with Gasteiger partial charge in [-0.05, 0) is 55.2 Å². The molecular weight excluding hydrogens is 330 g/mol. The fourth-order valence-electron chi connectivity index (χ4n) is 3.10. The van der Waals surface area contributed by atoms with Crippen molar-refractivity contribution in [1.29, 1.82) is 0 Å². The zero-order valence-corrected chi connectivity index (χ0v) is 15.3. The number of aromatic nitrogens is 1. The van der Waals surface area contributed by atoms with Crippen molar-refractivity contribution in [2.75, 3.05) is 29.9 Å². The van der Waals surface area contributed by atoms with Crippen molar-refractivity contribution in [2.45, 2.75) is 19.8 Å².